The number of ether oxygens (including phenoxy) is 1. The van der Waals surface area contributed by atoms with Crippen LogP contribution in [0.4, 0.5) is 0 Å². The fourth-order valence-corrected chi connectivity index (χ4v) is 3.55. The van der Waals surface area contributed by atoms with Gasteiger partial charge in [-0.25, -0.2) is 0 Å². The van der Waals surface area contributed by atoms with Crippen LogP contribution >= 0.6 is 23.8 Å². The Kier molecular flexibility index (Phi) is 7.32. The van der Waals surface area contributed by atoms with Crippen molar-refractivity contribution in [2.45, 2.75) is 65.0 Å². The second-order valence-corrected chi connectivity index (χ2v) is 7.40. The molecule has 1 aliphatic rings. The van der Waals surface area contributed by atoms with Crippen molar-refractivity contribution in [1.29, 1.82) is 0 Å². The zero-order valence-electron chi connectivity index (χ0n) is 14.9. The first kappa shape index (κ1) is 19.8. The highest BCUT2D eigenvalue weighted by Gasteiger charge is 2.18. The molecule has 3 N–H and O–H groups in total. The molecule has 1 amide bonds. The molecule has 0 heterocycles. The summed E-state index contributed by atoms with van der Waals surface area (Å²) in [6.45, 7) is 5.50. The summed E-state index contributed by atoms with van der Waals surface area (Å²) in [7, 11) is 0. The Bertz CT molecular complexity index is 610. The number of aryl methyl sites for hydroxylation is 2. The highest BCUT2D eigenvalue weighted by Crippen LogP contribution is 2.27. The third-order valence-electron chi connectivity index (χ3n) is 4.33. The number of hydrazine groups is 1. The van der Waals surface area contributed by atoms with Gasteiger partial charge in [0, 0.05) is 11.1 Å². The Morgan fingerprint density at radius 2 is 1.80 bits per heavy atom. The van der Waals surface area contributed by atoms with Crippen LogP contribution in [0.5, 0.6) is 5.75 Å². The molecule has 0 radical (unpaired) electrons. The number of halogens is 1. The van der Waals surface area contributed by atoms with Gasteiger partial charge in [0.25, 0.3) is 5.91 Å². The molecule has 0 unspecified atom stereocenters. The van der Waals surface area contributed by atoms with E-state index in [2.05, 4.69) is 16.2 Å². The third kappa shape index (κ3) is 6.04. The topological polar surface area (TPSA) is 62.4 Å². The summed E-state index contributed by atoms with van der Waals surface area (Å²) in [5.74, 6) is 0.386. The standard InChI is InChI=1S/C18H26ClN3O2S/c1-11-9-14(19)10-12(2)16(11)24-13(3)17(23)21-22-18(25)20-15-7-5-4-6-8-15/h9-10,13,15H,4-8H2,1-3H3,(H,21,23)(H2,20,22,25)/t13-/m0/s1. The van der Waals surface area contributed by atoms with Crippen molar-refractivity contribution >= 4 is 34.8 Å². The molecule has 7 heteroatoms. The third-order valence-corrected chi connectivity index (χ3v) is 4.77. The van der Waals surface area contributed by atoms with Gasteiger partial charge in [-0.1, -0.05) is 30.9 Å². The molecule has 138 valence electrons. The summed E-state index contributed by atoms with van der Waals surface area (Å²) in [6.07, 6.45) is 5.29. The largest absolute Gasteiger partial charge is 0.480 e. The number of thiocarbonyl (C=S) groups is 1. The lowest BCUT2D eigenvalue weighted by Crippen LogP contribution is -2.52. The molecule has 0 aliphatic heterocycles. The molecule has 0 spiro atoms. The van der Waals surface area contributed by atoms with E-state index in [1.807, 2.05) is 26.0 Å². The molecule has 2 rings (SSSR count). The number of carbonyl (C=O) groups is 1. The molecule has 0 aromatic heterocycles. The summed E-state index contributed by atoms with van der Waals surface area (Å²) in [5.41, 5.74) is 7.14. The monoisotopic (exact) mass is 383 g/mol. The minimum absolute atomic E-state index is 0.290. The van der Waals surface area contributed by atoms with Gasteiger partial charge in [-0.3, -0.25) is 15.6 Å². The zero-order chi connectivity index (χ0) is 18.4. The van der Waals surface area contributed by atoms with E-state index >= 15 is 0 Å². The molecule has 25 heavy (non-hydrogen) atoms. The molecule has 1 atom stereocenters. The van der Waals surface area contributed by atoms with Crippen LogP contribution in [-0.4, -0.2) is 23.2 Å². The SMILES string of the molecule is Cc1cc(Cl)cc(C)c1O[C@@H](C)C(=O)NNC(=S)NC1CCCCC1. The second-order valence-electron chi connectivity index (χ2n) is 6.55. The molecule has 1 fully saturated rings. The first-order valence-corrected chi connectivity index (χ1v) is 9.45. The highest BCUT2D eigenvalue weighted by molar-refractivity contribution is 7.80. The summed E-state index contributed by atoms with van der Waals surface area (Å²) in [5, 5.41) is 4.33. The van der Waals surface area contributed by atoms with Crippen LogP contribution in [-0.2, 0) is 4.79 Å². The lowest BCUT2D eigenvalue weighted by atomic mass is 9.96. The van der Waals surface area contributed by atoms with Crippen molar-refractivity contribution in [3.63, 3.8) is 0 Å². The maximum absolute atomic E-state index is 12.2. The van der Waals surface area contributed by atoms with Gasteiger partial charge in [-0.15, -0.1) is 0 Å². The van der Waals surface area contributed by atoms with Crippen LogP contribution in [0.25, 0.3) is 0 Å². The van der Waals surface area contributed by atoms with Gasteiger partial charge in [0.05, 0.1) is 0 Å². The summed E-state index contributed by atoms with van der Waals surface area (Å²) in [4.78, 5) is 12.2. The van der Waals surface area contributed by atoms with Crippen LogP contribution in [0.3, 0.4) is 0 Å². The van der Waals surface area contributed by atoms with Crippen molar-refractivity contribution in [3.05, 3.63) is 28.3 Å². The van der Waals surface area contributed by atoms with Gasteiger partial charge in [-0.2, -0.15) is 0 Å². The van der Waals surface area contributed by atoms with Crippen molar-refractivity contribution in [1.82, 2.24) is 16.2 Å². The van der Waals surface area contributed by atoms with Gasteiger partial charge in [0.2, 0.25) is 0 Å². The summed E-state index contributed by atoms with van der Waals surface area (Å²) >= 11 is 11.3. The van der Waals surface area contributed by atoms with Crippen LogP contribution < -0.4 is 20.9 Å². The molecule has 1 saturated carbocycles. The molecule has 0 saturated heterocycles. The van der Waals surface area contributed by atoms with E-state index in [0.29, 0.717) is 21.9 Å². The molecule has 1 aromatic rings. The average molecular weight is 384 g/mol. The van der Waals surface area contributed by atoms with Gasteiger partial charge in [-0.05, 0) is 69.1 Å². The van der Waals surface area contributed by atoms with E-state index in [0.717, 1.165) is 24.0 Å². The minimum Gasteiger partial charge on any atom is -0.480 e. The average Bonchev–Trinajstić information content (AvgIpc) is 2.56. The van der Waals surface area contributed by atoms with E-state index in [4.69, 9.17) is 28.6 Å². The number of amides is 1. The lowest BCUT2D eigenvalue weighted by molar-refractivity contribution is -0.127. The maximum atomic E-state index is 12.2. The van der Waals surface area contributed by atoms with Gasteiger partial charge < -0.3 is 10.1 Å². The Morgan fingerprint density at radius 3 is 2.40 bits per heavy atom. The van der Waals surface area contributed by atoms with Crippen molar-refractivity contribution in [2.75, 3.05) is 0 Å². The fraction of sp³-hybridized carbons (Fsp3) is 0.556. The Hall–Kier alpha value is -1.53. The predicted octanol–water partition coefficient (Wildman–Crippen LogP) is 3.55. The molecule has 0 bridgehead atoms. The molecular formula is C18H26ClN3O2S. The summed E-state index contributed by atoms with van der Waals surface area (Å²) in [6, 6.07) is 4.02. The van der Waals surface area contributed by atoms with Crippen molar-refractivity contribution in [2.24, 2.45) is 0 Å². The minimum atomic E-state index is -0.663. The first-order valence-electron chi connectivity index (χ1n) is 8.66. The Balaban J connectivity index is 1.81. The summed E-state index contributed by atoms with van der Waals surface area (Å²) < 4.78 is 5.80. The first-order chi connectivity index (χ1) is 11.9. The van der Waals surface area contributed by atoms with E-state index in [1.165, 1.54) is 19.3 Å². The van der Waals surface area contributed by atoms with Gasteiger partial charge in [0.15, 0.2) is 11.2 Å². The quantitative estimate of drug-likeness (QED) is 0.548. The number of hydrogen-bond acceptors (Lipinski definition) is 3. The lowest BCUT2D eigenvalue weighted by Gasteiger charge is -2.25. The number of nitrogens with one attached hydrogen (secondary N) is 3. The zero-order valence-corrected chi connectivity index (χ0v) is 16.5. The van der Waals surface area contributed by atoms with Crippen LogP contribution in [0.2, 0.25) is 5.02 Å². The van der Waals surface area contributed by atoms with Gasteiger partial charge >= 0.3 is 0 Å². The number of benzene rings is 1. The van der Waals surface area contributed by atoms with Crippen molar-refractivity contribution in [3.8, 4) is 5.75 Å². The van der Waals surface area contributed by atoms with Gasteiger partial charge in [0.1, 0.15) is 5.75 Å². The van der Waals surface area contributed by atoms with E-state index in [1.54, 1.807) is 6.92 Å². The Morgan fingerprint density at radius 1 is 1.20 bits per heavy atom. The number of hydrogen-bond donors (Lipinski definition) is 3. The van der Waals surface area contributed by atoms with E-state index < -0.39 is 6.10 Å². The molecule has 1 aromatic carbocycles. The van der Waals surface area contributed by atoms with E-state index in [-0.39, 0.29) is 5.91 Å². The Labute approximate surface area is 159 Å². The smallest absolute Gasteiger partial charge is 0.279 e. The molecular weight excluding hydrogens is 358 g/mol. The second kappa shape index (κ2) is 9.25. The highest BCUT2D eigenvalue weighted by atomic mass is 35.5. The number of carbonyl (C=O) groups excluding carboxylic acids is 1. The molecule has 5 nitrogen and oxygen atoms in total. The van der Waals surface area contributed by atoms with E-state index in [9.17, 15) is 4.79 Å². The maximum Gasteiger partial charge on any atom is 0.279 e. The molecule has 1 aliphatic carbocycles. The van der Waals surface area contributed by atoms with Crippen LogP contribution in [0.1, 0.15) is 50.2 Å². The fourth-order valence-electron chi connectivity index (χ4n) is 3.00. The normalized spacial score (nSPS) is 16.0. The van der Waals surface area contributed by atoms with Crippen LogP contribution in [0, 0.1) is 13.8 Å². The predicted molar refractivity (Wildman–Crippen MR) is 105 cm³/mol. The number of rotatable bonds is 4. The van der Waals surface area contributed by atoms with Crippen LogP contribution in [0.15, 0.2) is 12.1 Å². The van der Waals surface area contributed by atoms with Crippen molar-refractivity contribution < 1.29 is 9.53 Å².